The highest BCUT2D eigenvalue weighted by Gasteiger charge is 2.57. The zero-order chi connectivity index (χ0) is 25.0. The number of likely N-dealkylation sites (tertiary alicyclic amines) is 1. The van der Waals surface area contributed by atoms with Crippen molar-refractivity contribution in [2.75, 3.05) is 31.1 Å². The van der Waals surface area contributed by atoms with Crippen LogP contribution in [0.25, 0.3) is 0 Å². The first-order chi connectivity index (χ1) is 16.6. The Morgan fingerprint density at radius 1 is 1.17 bits per heavy atom. The largest absolute Gasteiger partial charge is 0.477 e. The highest BCUT2D eigenvalue weighted by atomic mass is 35.5. The van der Waals surface area contributed by atoms with E-state index in [0.29, 0.717) is 54.9 Å². The van der Waals surface area contributed by atoms with Crippen molar-refractivity contribution < 1.29 is 24.6 Å². The molecule has 10 nitrogen and oxygen atoms in total. The van der Waals surface area contributed by atoms with Crippen LogP contribution in [-0.2, 0) is 11.2 Å². The quantitative estimate of drug-likeness (QED) is 0.439. The van der Waals surface area contributed by atoms with Crippen LogP contribution in [0.4, 0.5) is 5.13 Å². The minimum atomic E-state index is -1.10. The number of nitrogens with zero attached hydrogens (tertiary/aromatic N) is 3. The van der Waals surface area contributed by atoms with Crippen molar-refractivity contribution in [3.8, 4) is 0 Å². The maximum Gasteiger partial charge on any atom is 0.347 e. The lowest BCUT2D eigenvalue weighted by molar-refractivity contribution is -0.132. The predicted molar refractivity (Wildman–Crippen MR) is 131 cm³/mol. The van der Waals surface area contributed by atoms with E-state index in [1.54, 1.807) is 11.8 Å². The lowest BCUT2D eigenvalue weighted by atomic mass is 10.1. The number of aryl methyl sites for hydroxylation is 1. The molecule has 0 bridgehead atoms. The number of carboxylic acids is 1. The molecule has 2 aromatic rings. The number of piperidine rings is 2. The number of H-pyrrole nitrogens is 1. The normalized spacial score (nSPS) is 23.9. The smallest absolute Gasteiger partial charge is 0.347 e. The van der Waals surface area contributed by atoms with Crippen molar-refractivity contribution in [2.45, 2.75) is 38.3 Å². The molecule has 5 rings (SSSR count). The summed E-state index contributed by atoms with van der Waals surface area (Å²) in [5.41, 5.74) is 1.15. The van der Waals surface area contributed by atoms with Crippen LogP contribution in [0.1, 0.15) is 44.4 Å². The number of amides is 2. The number of hydrogen-bond acceptors (Lipinski definition) is 7. The van der Waals surface area contributed by atoms with Gasteiger partial charge in [-0.1, -0.05) is 34.5 Å². The van der Waals surface area contributed by atoms with E-state index in [2.05, 4.69) is 15.3 Å². The predicted octanol–water partition coefficient (Wildman–Crippen LogP) is 2.18. The molecule has 3 fully saturated rings. The molecule has 0 radical (unpaired) electrons. The first-order valence-corrected chi connectivity index (χ1v) is 13.0. The zero-order valence-electron chi connectivity index (χ0n) is 18.9. The van der Waals surface area contributed by atoms with Crippen LogP contribution in [0.5, 0.6) is 0 Å². The van der Waals surface area contributed by atoms with Crippen LogP contribution >= 0.6 is 34.5 Å². The van der Waals surface area contributed by atoms with Gasteiger partial charge in [0.05, 0.1) is 28.3 Å². The Morgan fingerprint density at radius 2 is 1.83 bits per heavy atom. The zero-order valence-corrected chi connectivity index (χ0v) is 21.2. The minimum absolute atomic E-state index is 0.00612. The fourth-order valence-corrected chi connectivity index (χ4v) is 6.34. The number of aromatic amines is 1. The van der Waals surface area contributed by atoms with Crippen LogP contribution < -0.4 is 10.2 Å². The van der Waals surface area contributed by atoms with Crippen LogP contribution in [-0.4, -0.2) is 81.2 Å². The van der Waals surface area contributed by atoms with Gasteiger partial charge in [0, 0.05) is 49.8 Å². The Morgan fingerprint density at radius 3 is 2.40 bits per heavy atom. The number of aromatic carboxylic acids is 1. The van der Waals surface area contributed by atoms with E-state index in [0.717, 1.165) is 11.3 Å². The summed E-state index contributed by atoms with van der Waals surface area (Å²) in [6.07, 6.45) is 0.580. The summed E-state index contributed by atoms with van der Waals surface area (Å²) in [6, 6.07) is 0.00612. The lowest BCUT2D eigenvalue weighted by Gasteiger charge is -2.29. The highest BCUT2D eigenvalue weighted by Crippen LogP contribution is 2.48. The number of aromatic nitrogens is 2. The van der Waals surface area contributed by atoms with Gasteiger partial charge in [0.1, 0.15) is 10.6 Å². The average molecular weight is 542 g/mol. The molecule has 1 aliphatic carbocycles. The van der Waals surface area contributed by atoms with Gasteiger partial charge in [0.25, 0.3) is 5.91 Å². The van der Waals surface area contributed by atoms with Gasteiger partial charge in [-0.3, -0.25) is 9.59 Å². The number of carbonyl (C=O) groups is 3. The van der Waals surface area contributed by atoms with E-state index in [1.807, 2.05) is 4.90 Å². The second kappa shape index (κ2) is 9.27. The highest BCUT2D eigenvalue weighted by molar-refractivity contribution is 7.17. The van der Waals surface area contributed by atoms with Gasteiger partial charge >= 0.3 is 5.97 Å². The summed E-state index contributed by atoms with van der Waals surface area (Å²) in [5, 5.41) is 23.4. The number of aliphatic hydroxyl groups excluding tert-OH is 1. The van der Waals surface area contributed by atoms with Crippen LogP contribution in [0, 0.1) is 18.8 Å². The van der Waals surface area contributed by atoms with E-state index in [9.17, 15) is 24.6 Å². The third kappa shape index (κ3) is 4.62. The van der Waals surface area contributed by atoms with Gasteiger partial charge in [0.2, 0.25) is 5.91 Å². The number of thiazole rings is 1. The van der Waals surface area contributed by atoms with Gasteiger partial charge in [0.15, 0.2) is 5.13 Å². The Hall–Kier alpha value is -2.34. The average Bonchev–Trinajstić information content (AvgIpc) is 3.19. The number of fused-ring (bicyclic) bond motifs is 1. The SMILES string of the molecule is Cc1[nH]c(C(=O)NC2[C@H]3CN(c4nc(CC(=O)N5CCC(O)CC5)c(C(=O)O)s4)C[C@@H]23)c(Cl)c1Cl. The van der Waals surface area contributed by atoms with Crippen molar-refractivity contribution in [1.82, 2.24) is 20.2 Å². The number of carbonyl (C=O) groups excluding carboxylic acids is 2. The first-order valence-electron chi connectivity index (χ1n) is 11.4. The summed E-state index contributed by atoms with van der Waals surface area (Å²) >= 11 is 13.3. The van der Waals surface area contributed by atoms with E-state index in [-0.39, 0.29) is 57.4 Å². The van der Waals surface area contributed by atoms with Crippen molar-refractivity contribution in [1.29, 1.82) is 0 Å². The van der Waals surface area contributed by atoms with Crippen molar-refractivity contribution in [3.63, 3.8) is 0 Å². The Labute approximate surface area is 215 Å². The second-order valence-electron chi connectivity index (χ2n) is 9.35. The fourth-order valence-electron chi connectivity index (χ4n) is 4.98. The molecule has 2 aromatic heterocycles. The topological polar surface area (TPSA) is 139 Å². The van der Waals surface area contributed by atoms with Crippen molar-refractivity contribution in [3.05, 3.63) is 32.0 Å². The van der Waals surface area contributed by atoms with Gasteiger partial charge in [-0.15, -0.1) is 0 Å². The molecule has 4 heterocycles. The second-order valence-corrected chi connectivity index (χ2v) is 11.1. The maximum absolute atomic E-state index is 12.7. The summed E-state index contributed by atoms with van der Waals surface area (Å²) < 4.78 is 0. The van der Waals surface area contributed by atoms with E-state index >= 15 is 0 Å². The van der Waals surface area contributed by atoms with Crippen LogP contribution in [0.15, 0.2) is 0 Å². The molecule has 2 aliphatic heterocycles. The Kier molecular flexibility index (Phi) is 6.45. The number of hydrogen-bond donors (Lipinski definition) is 4. The Balaban J connectivity index is 1.21. The molecule has 13 heteroatoms. The molecule has 3 atom stereocenters. The molecule has 1 unspecified atom stereocenters. The molecule has 2 saturated heterocycles. The van der Waals surface area contributed by atoms with E-state index < -0.39 is 12.1 Å². The summed E-state index contributed by atoms with van der Waals surface area (Å²) in [5.74, 6) is -1.12. The van der Waals surface area contributed by atoms with Crippen LogP contribution in [0.2, 0.25) is 10.0 Å². The monoisotopic (exact) mass is 541 g/mol. The first kappa shape index (κ1) is 24.4. The van der Waals surface area contributed by atoms with E-state index in [1.165, 1.54) is 0 Å². The molecule has 188 valence electrons. The van der Waals surface area contributed by atoms with Crippen LogP contribution in [0.3, 0.4) is 0 Å². The Bertz CT molecular complexity index is 1180. The molecular weight excluding hydrogens is 517 g/mol. The fraction of sp³-hybridized carbons (Fsp3) is 0.545. The van der Waals surface area contributed by atoms with E-state index in [4.69, 9.17) is 23.2 Å². The third-order valence-corrected chi connectivity index (χ3v) is 9.15. The van der Waals surface area contributed by atoms with Gasteiger partial charge in [-0.25, -0.2) is 9.78 Å². The number of halogens is 2. The lowest BCUT2D eigenvalue weighted by Crippen LogP contribution is -2.41. The molecule has 0 spiro atoms. The number of rotatable bonds is 6. The molecular formula is C22H25Cl2N5O5S. The van der Waals surface area contributed by atoms with Gasteiger partial charge in [-0.2, -0.15) is 0 Å². The minimum Gasteiger partial charge on any atom is -0.477 e. The molecule has 2 amide bonds. The number of aliphatic hydroxyl groups is 1. The summed E-state index contributed by atoms with van der Waals surface area (Å²) in [6.45, 7) is 3.94. The van der Waals surface area contributed by atoms with Gasteiger partial charge in [-0.05, 0) is 19.8 Å². The van der Waals surface area contributed by atoms with Crippen molar-refractivity contribution in [2.24, 2.45) is 11.8 Å². The number of nitrogens with one attached hydrogen (secondary N) is 2. The number of carboxylic acid groups (broad SMARTS) is 1. The molecule has 3 aliphatic rings. The molecule has 4 N–H and O–H groups in total. The van der Waals surface area contributed by atoms with Crippen molar-refractivity contribution >= 4 is 57.5 Å². The van der Waals surface area contributed by atoms with Gasteiger partial charge < -0.3 is 30.3 Å². The third-order valence-electron chi connectivity index (χ3n) is 7.06. The maximum atomic E-state index is 12.7. The molecule has 0 aromatic carbocycles. The standard InChI is InChI=1S/C22H25Cl2N5O5S/c1-9-15(23)16(24)18(25-9)20(32)27-17-11-7-29(8-12(11)17)22-26-13(19(35-22)21(33)34)6-14(31)28-4-2-10(30)3-5-28/h10-12,17,25,30H,2-8H2,1H3,(H,27,32)(H,33,34)/t11-,12+,17?. The summed E-state index contributed by atoms with van der Waals surface area (Å²) in [7, 11) is 0. The molecule has 1 saturated carbocycles. The number of anilines is 1. The summed E-state index contributed by atoms with van der Waals surface area (Å²) in [4.78, 5) is 48.3. The molecule has 35 heavy (non-hydrogen) atoms.